The molecule has 1 aliphatic rings. The zero-order valence-corrected chi connectivity index (χ0v) is 24.5. The third-order valence-corrected chi connectivity index (χ3v) is 7.67. The van der Waals surface area contributed by atoms with Crippen molar-refractivity contribution in [1.82, 2.24) is 0 Å². The Balaban J connectivity index is 1.39. The van der Waals surface area contributed by atoms with Gasteiger partial charge in [0.15, 0.2) is 17.6 Å². The molecule has 0 radical (unpaired) electrons. The second kappa shape index (κ2) is 13.1. The predicted octanol–water partition coefficient (Wildman–Crippen LogP) is 8.08. The fourth-order valence-electron chi connectivity index (χ4n) is 5.47. The molecule has 0 bridgehead atoms. The zero-order chi connectivity index (χ0) is 29.6. The molecule has 0 saturated heterocycles. The molecule has 0 fully saturated rings. The van der Waals surface area contributed by atoms with Crippen LogP contribution in [-0.4, -0.2) is 11.2 Å². The van der Waals surface area contributed by atoms with Gasteiger partial charge >= 0.3 is 0 Å². The number of rotatable bonds is 10. The second-order valence-electron chi connectivity index (χ2n) is 11.0. The SMILES string of the molecule is Cc1cc(C)c2c(c1)OC(c1cc(OCc3ccccc3)c(OCc3ccccc3)c(OCc3ccccc3)c1)C(O)C2. The summed E-state index contributed by atoms with van der Waals surface area (Å²) in [4.78, 5) is 0. The molecule has 1 N–H and O–H groups in total. The van der Waals surface area contributed by atoms with Gasteiger partial charge in [-0.25, -0.2) is 0 Å². The minimum absolute atomic E-state index is 0.345. The summed E-state index contributed by atoms with van der Waals surface area (Å²) < 4.78 is 25.8. The van der Waals surface area contributed by atoms with Gasteiger partial charge in [-0.2, -0.15) is 0 Å². The molecule has 1 heterocycles. The summed E-state index contributed by atoms with van der Waals surface area (Å²) in [5, 5.41) is 11.3. The zero-order valence-electron chi connectivity index (χ0n) is 24.5. The molecule has 0 saturated carbocycles. The van der Waals surface area contributed by atoms with Crippen LogP contribution in [0.3, 0.4) is 0 Å². The van der Waals surface area contributed by atoms with Gasteiger partial charge in [0.05, 0.1) is 6.10 Å². The lowest BCUT2D eigenvalue weighted by molar-refractivity contribution is 0.0202. The number of aliphatic hydroxyl groups is 1. The number of aryl methyl sites for hydroxylation is 2. The summed E-state index contributed by atoms with van der Waals surface area (Å²) >= 11 is 0. The van der Waals surface area contributed by atoms with E-state index in [-0.39, 0.29) is 0 Å². The third-order valence-electron chi connectivity index (χ3n) is 7.67. The van der Waals surface area contributed by atoms with E-state index in [2.05, 4.69) is 19.9 Å². The van der Waals surface area contributed by atoms with Crippen molar-refractivity contribution < 1.29 is 24.1 Å². The molecule has 2 unspecified atom stereocenters. The van der Waals surface area contributed by atoms with Crippen molar-refractivity contribution in [2.75, 3.05) is 0 Å². The Morgan fingerprint density at radius 3 is 1.65 bits per heavy atom. The molecule has 43 heavy (non-hydrogen) atoms. The Labute approximate surface area is 253 Å². The van der Waals surface area contributed by atoms with E-state index in [1.807, 2.05) is 109 Å². The van der Waals surface area contributed by atoms with Gasteiger partial charge in [0.25, 0.3) is 0 Å². The summed E-state index contributed by atoms with van der Waals surface area (Å²) in [6.45, 7) is 5.16. The molecular weight excluding hydrogens is 536 g/mol. The van der Waals surface area contributed by atoms with Crippen LogP contribution in [0.4, 0.5) is 0 Å². The van der Waals surface area contributed by atoms with Crippen LogP contribution < -0.4 is 18.9 Å². The lowest BCUT2D eigenvalue weighted by atomic mass is 9.91. The van der Waals surface area contributed by atoms with Crippen LogP contribution >= 0.6 is 0 Å². The van der Waals surface area contributed by atoms with Crippen molar-refractivity contribution in [1.29, 1.82) is 0 Å². The number of hydrogen-bond acceptors (Lipinski definition) is 5. The van der Waals surface area contributed by atoms with E-state index in [0.717, 1.165) is 44.7 Å². The maximum absolute atomic E-state index is 11.3. The van der Waals surface area contributed by atoms with Gasteiger partial charge in [-0.15, -0.1) is 0 Å². The molecule has 0 amide bonds. The number of hydrogen-bond donors (Lipinski definition) is 1. The highest BCUT2D eigenvalue weighted by Crippen LogP contribution is 2.45. The molecular formula is C38H36O5. The van der Waals surface area contributed by atoms with Gasteiger partial charge in [0.2, 0.25) is 5.75 Å². The van der Waals surface area contributed by atoms with Crippen LogP contribution in [0.25, 0.3) is 0 Å². The normalized spacial score (nSPS) is 15.7. The Morgan fingerprint density at radius 2 is 1.14 bits per heavy atom. The van der Waals surface area contributed by atoms with E-state index < -0.39 is 12.2 Å². The fourth-order valence-corrected chi connectivity index (χ4v) is 5.47. The van der Waals surface area contributed by atoms with E-state index in [0.29, 0.717) is 43.5 Å². The van der Waals surface area contributed by atoms with Crippen LogP contribution in [0.15, 0.2) is 115 Å². The molecule has 6 rings (SSSR count). The van der Waals surface area contributed by atoms with E-state index in [4.69, 9.17) is 18.9 Å². The largest absolute Gasteiger partial charge is 0.485 e. The molecule has 218 valence electrons. The van der Waals surface area contributed by atoms with Gasteiger partial charge in [-0.1, -0.05) is 97.1 Å². The number of fused-ring (bicyclic) bond motifs is 1. The molecule has 5 aromatic carbocycles. The Bertz CT molecular complexity index is 1590. The quantitative estimate of drug-likeness (QED) is 0.183. The average Bonchev–Trinajstić information content (AvgIpc) is 3.03. The first-order chi connectivity index (χ1) is 21.0. The minimum atomic E-state index is -0.742. The van der Waals surface area contributed by atoms with E-state index in [1.54, 1.807) is 0 Å². The van der Waals surface area contributed by atoms with Crippen molar-refractivity contribution in [3.05, 3.63) is 154 Å². The molecule has 0 spiro atoms. The van der Waals surface area contributed by atoms with Crippen molar-refractivity contribution in [2.45, 2.75) is 52.3 Å². The Hall–Kier alpha value is -4.74. The van der Waals surface area contributed by atoms with Crippen LogP contribution in [0.1, 0.15) is 45.0 Å². The number of aliphatic hydroxyl groups excluding tert-OH is 1. The summed E-state index contributed by atoms with van der Waals surface area (Å²) in [6.07, 6.45) is -0.845. The fraction of sp³-hybridized carbons (Fsp3) is 0.211. The summed E-state index contributed by atoms with van der Waals surface area (Å²) in [6, 6.07) is 38.0. The molecule has 0 aliphatic carbocycles. The molecule has 0 aromatic heterocycles. The summed E-state index contributed by atoms with van der Waals surface area (Å²) in [5.74, 6) is 2.37. The van der Waals surface area contributed by atoms with Crippen molar-refractivity contribution >= 4 is 0 Å². The first-order valence-electron chi connectivity index (χ1n) is 14.7. The van der Waals surface area contributed by atoms with Crippen LogP contribution in [0.2, 0.25) is 0 Å². The van der Waals surface area contributed by atoms with Gasteiger partial charge in [0.1, 0.15) is 25.6 Å². The van der Waals surface area contributed by atoms with Crippen LogP contribution in [0.5, 0.6) is 23.0 Å². The molecule has 5 aromatic rings. The Kier molecular flexibility index (Phi) is 8.62. The topological polar surface area (TPSA) is 57.2 Å². The highest BCUT2D eigenvalue weighted by atomic mass is 16.5. The third kappa shape index (κ3) is 6.85. The van der Waals surface area contributed by atoms with Crippen molar-refractivity contribution in [3.8, 4) is 23.0 Å². The van der Waals surface area contributed by atoms with E-state index >= 15 is 0 Å². The van der Waals surface area contributed by atoms with Gasteiger partial charge in [-0.05, 0) is 65.4 Å². The second-order valence-corrected chi connectivity index (χ2v) is 11.0. The van der Waals surface area contributed by atoms with Crippen molar-refractivity contribution in [2.24, 2.45) is 0 Å². The highest BCUT2D eigenvalue weighted by molar-refractivity contribution is 5.56. The molecule has 5 nitrogen and oxygen atoms in total. The van der Waals surface area contributed by atoms with Crippen LogP contribution in [-0.2, 0) is 26.2 Å². The minimum Gasteiger partial charge on any atom is -0.485 e. The smallest absolute Gasteiger partial charge is 0.203 e. The first kappa shape index (κ1) is 28.4. The molecule has 5 heteroatoms. The lowest BCUT2D eigenvalue weighted by Gasteiger charge is -2.32. The summed E-state index contributed by atoms with van der Waals surface area (Å²) in [7, 11) is 0. The average molecular weight is 573 g/mol. The van der Waals surface area contributed by atoms with Gasteiger partial charge in [-0.3, -0.25) is 0 Å². The first-order valence-corrected chi connectivity index (χ1v) is 14.7. The highest BCUT2D eigenvalue weighted by Gasteiger charge is 2.33. The summed E-state index contributed by atoms with van der Waals surface area (Å²) in [5.41, 5.74) is 7.13. The predicted molar refractivity (Wildman–Crippen MR) is 168 cm³/mol. The number of benzene rings is 5. The van der Waals surface area contributed by atoms with Crippen LogP contribution in [0, 0.1) is 13.8 Å². The molecule has 2 atom stereocenters. The monoisotopic (exact) mass is 572 g/mol. The Morgan fingerprint density at radius 1 is 0.651 bits per heavy atom. The molecule has 1 aliphatic heterocycles. The van der Waals surface area contributed by atoms with Gasteiger partial charge in [0, 0.05) is 12.0 Å². The van der Waals surface area contributed by atoms with Gasteiger partial charge < -0.3 is 24.1 Å². The standard InChI is InChI=1S/C38H36O5/c1-26-18-27(2)32-22-33(39)37(43-34(32)19-26)31-20-35(40-23-28-12-6-3-7-13-28)38(42-25-30-16-10-5-11-17-30)36(21-31)41-24-29-14-8-4-9-15-29/h3-21,33,37,39H,22-25H2,1-2H3. The van der Waals surface area contributed by atoms with E-state index in [9.17, 15) is 5.11 Å². The van der Waals surface area contributed by atoms with E-state index in [1.165, 1.54) is 0 Å². The van der Waals surface area contributed by atoms with Crippen molar-refractivity contribution in [3.63, 3.8) is 0 Å². The maximum Gasteiger partial charge on any atom is 0.203 e. The lowest BCUT2D eigenvalue weighted by Crippen LogP contribution is -2.31. The number of ether oxygens (including phenoxy) is 4. The maximum atomic E-state index is 11.3.